The number of hydrogen-bond donors (Lipinski definition) is 0. The van der Waals surface area contributed by atoms with Gasteiger partial charge in [0, 0.05) is 31.9 Å². The van der Waals surface area contributed by atoms with Gasteiger partial charge in [-0.05, 0) is 18.4 Å². The van der Waals surface area contributed by atoms with Gasteiger partial charge in [0.1, 0.15) is 5.82 Å². The van der Waals surface area contributed by atoms with E-state index in [0.717, 1.165) is 38.2 Å². The van der Waals surface area contributed by atoms with Crippen molar-refractivity contribution in [1.29, 1.82) is 0 Å². The molecule has 2 heterocycles. The third kappa shape index (κ3) is 4.28. The average Bonchev–Trinajstić information content (AvgIpc) is 2.63. The largest absolute Gasteiger partial charge is 0.465 e. The fourth-order valence-corrected chi connectivity index (χ4v) is 2.83. The summed E-state index contributed by atoms with van der Waals surface area (Å²) in [7, 11) is 0. The maximum absolute atomic E-state index is 12.2. The standard InChI is InChI=1S/C18H21N3O2/c22-18(23-13-8-15-4-2-1-3-5-15)16-6-11-21(12-7-16)17-14-19-9-10-20-17/h1-5,9-10,14,16H,6-8,11-13H2. The van der Waals surface area contributed by atoms with Gasteiger partial charge in [-0.25, -0.2) is 4.98 Å². The monoisotopic (exact) mass is 311 g/mol. The van der Waals surface area contributed by atoms with Crippen molar-refractivity contribution >= 4 is 11.8 Å². The Kier molecular flexibility index (Phi) is 5.19. The first-order chi connectivity index (χ1) is 11.3. The molecule has 0 saturated carbocycles. The highest BCUT2D eigenvalue weighted by atomic mass is 16.5. The van der Waals surface area contributed by atoms with E-state index in [1.54, 1.807) is 18.6 Å². The Morgan fingerprint density at radius 1 is 1.17 bits per heavy atom. The molecule has 1 saturated heterocycles. The van der Waals surface area contributed by atoms with Crippen LogP contribution in [0.5, 0.6) is 0 Å². The highest BCUT2D eigenvalue weighted by molar-refractivity contribution is 5.72. The van der Waals surface area contributed by atoms with Crippen LogP contribution in [0.3, 0.4) is 0 Å². The lowest BCUT2D eigenvalue weighted by atomic mass is 9.97. The third-order valence-corrected chi connectivity index (χ3v) is 4.18. The number of hydrogen-bond acceptors (Lipinski definition) is 5. The number of nitrogens with zero attached hydrogens (tertiary/aromatic N) is 3. The molecular weight excluding hydrogens is 290 g/mol. The van der Waals surface area contributed by atoms with E-state index in [4.69, 9.17) is 4.74 Å². The number of piperidine rings is 1. The average molecular weight is 311 g/mol. The molecule has 5 nitrogen and oxygen atoms in total. The van der Waals surface area contributed by atoms with Crippen LogP contribution in [0.1, 0.15) is 18.4 Å². The molecule has 3 rings (SSSR count). The zero-order valence-electron chi connectivity index (χ0n) is 13.1. The van der Waals surface area contributed by atoms with Crippen molar-refractivity contribution < 1.29 is 9.53 Å². The Balaban J connectivity index is 1.41. The van der Waals surface area contributed by atoms with E-state index in [9.17, 15) is 4.79 Å². The second-order valence-corrected chi connectivity index (χ2v) is 5.73. The molecule has 0 aliphatic carbocycles. The predicted octanol–water partition coefficient (Wildman–Crippen LogP) is 2.48. The maximum atomic E-state index is 12.2. The minimum absolute atomic E-state index is 0.00121. The summed E-state index contributed by atoms with van der Waals surface area (Å²) in [6.07, 6.45) is 7.50. The molecular formula is C18H21N3O2. The van der Waals surface area contributed by atoms with Gasteiger partial charge < -0.3 is 9.64 Å². The Hall–Kier alpha value is -2.43. The van der Waals surface area contributed by atoms with Crippen LogP contribution in [0.15, 0.2) is 48.9 Å². The second-order valence-electron chi connectivity index (χ2n) is 5.73. The molecule has 1 fully saturated rings. The van der Waals surface area contributed by atoms with Gasteiger partial charge in [-0.2, -0.15) is 0 Å². The van der Waals surface area contributed by atoms with Gasteiger partial charge in [0.25, 0.3) is 0 Å². The van der Waals surface area contributed by atoms with Crippen molar-refractivity contribution in [2.24, 2.45) is 5.92 Å². The summed E-state index contributed by atoms with van der Waals surface area (Å²) >= 11 is 0. The molecule has 0 atom stereocenters. The van der Waals surface area contributed by atoms with Crippen LogP contribution in [0.25, 0.3) is 0 Å². The number of esters is 1. The Morgan fingerprint density at radius 2 is 1.96 bits per heavy atom. The maximum Gasteiger partial charge on any atom is 0.309 e. The summed E-state index contributed by atoms with van der Waals surface area (Å²) in [5.74, 6) is 0.807. The summed E-state index contributed by atoms with van der Waals surface area (Å²) in [5.41, 5.74) is 1.19. The Labute approximate surface area is 136 Å². The summed E-state index contributed by atoms with van der Waals surface area (Å²) < 4.78 is 5.44. The van der Waals surface area contributed by atoms with Crippen LogP contribution in [-0.2, 0) is 16.0 Å². The lowest BCUT2D eigenvalue weighted by molar-refractivity contribution is -0.149. The quantitative estimate of drug-likeness (QED) is 0.794. The molecule has 2 aromatic rings. The number of ether oxygens (including phenoxy) is 1. The van der Waals surface area contributed by atoms with Crippen LogP contribution < -0.4 is 4.90 Å². The first kappa shape index (κ1) is 15.5. The Bertz CT molecular complexity index is 611. The second kappa shape index (κ2) is 7.72. The zero-order chi connectivity index (χ0) is 15.9. The highest BCUT2D eigenvalue weighted by Crippen LogP contribution is 2.22. The van der Waals surface area contributed by atoms with Gasteiger partial charge in [0.15, 0.2) is 0 Å². The van der Waals surface area contributed by atoms with Crippen molar-refractivity contribution in [2.75, 3.05) is 24.6 Å². The van der Waals surface area contributed by atoms with E-state index in [0.29, 0.717) is 6.61 Å². The molecule has 0 bridgehead atoms. The third-order valence-electron chi connectivity index (χ3n) is 4.18. The van der Waals surface area contributed by atoms with Gasteiger partial charge in [0.2, 0.25) is 0 Å². The minimum atomic E-state index is -0.0697. The first-order valence-electron chi connectivity index (χ1n) is 8.04. The molecule has 0 radical (unpaired) electrons. The molecule has 1 aromatic carbocycles. The van der Waals surface area contributed by atoms with Crippen LogP contribution >= 0.6 is 0 Å². The van der Waals surface area contributed by atoms with E-state index >= 15 is 0 Å². The highest BCUT2D eigenvalue weighted by Gasteiger charge is 2.26. The van der Waals surface area contributed by atoms with Crippen LogP contribution in [0.4, 0.5) is 5.82 Å². The van der Waals surface area contributed by atoms with E-state index in [2.05, 4.69) is 14.9 Å². The summed E-state index contributed by atoms with van der Waals surface area (Å²) in [6, 6.07) is 10.1. The molecule has 0 amide bonds. The van der Waals surface area contributed by atoms with E-state index in [-0.39, 0.29) is 11.9 Å². The smallest absolute Gasteiger partial charge is 0.309 e. The van der Waals surface area contributed by atoms with Crippen molar-refractivity contribution in [3.05, 3.63) is 54.5 Å². The molecule has 0 spiro atoms. The number of carbonyl (C=O) groups excluding carboxylic acids is 1. The van der Waals surface area contributed by atoms with Gasteiger partial charge >= 0.3 is 5.97 Å². The predicted molar refractivity (Wildman–Crippen MR) is 88.1 cm³/mol. The fourth-order valence-electron chi connectivity index (χ4n) is 2.83. The molecule has 23 heavy (non-hydrogen) atoms. The molecule has 0 unspecified atom stereocenters. The van der Waals surface area contributed by atoms with Gasteiger partial charge in [0.05, 0.1) is 18.7 Å². The van der Waals surface area contributed by atoms with E-state index < -0.39 is 0 Å². The summed E-state index contributed by atoms with van der Waals surface area (Å²) in [6.45, 7) is 2.08. The van der Waals surface area contributed by atoms with E-state index in [1.807, 2.05) is 30.3 Å². The van der Waals surface area contributed by atoms with Crippen LogP contribution in [0, 0.1) is 5.92 Å². The number of carbonyl (C=O) groups is 1. The first-order valence-corrected chi connectivity index (χ1v) is 8.04. The van der Waals surface area contributed by atoms with Gasteiger partial charge in [-0.15, -0.1) is 0 Å². The van der Waals surface area contributed by atoms with Crippen molar-refractivity contribution in [2.45, 2.75) is 19.3 Å². The molecule has 120 valence electrons. The Morgan fingerprint density at radius 3 is 2.65 bits per heavy atom. The normalized spacial score (nSPS) is 15.4. The number of benzene rings is 1. The minimum Gasteiger partial charge on any atom is -0.465 e. The lowest BCUT2D eigenvalue weighted by Crippen LogP contribution is -2.37. The fraction of sp³-hybridized carbons (Fsp3) is 0.389. The van der Waals surface area contributed by atoms with Crippen LogP contribution in [0.2, 0.25) is 0 Å². The molecule has 1 aromatic heterocycles. The SMILES string of the molecule is O=C(OCCc1ccccc1)C1CCN(c2cnccn2)CC1. The van der Waals surface area contributed by atoms with Gasteiger partial charge in [-0.1, -0.05) is 30.3 Å². The molecule has 0 N–H and O–H groups in total. The number of anilines is 1. The zero-order valence-corrected chi connectivity index (χ0v) is 13.1. The lowest BCUT2D eigenvalue weighted by Gasteiger charge is -2.31. The topological polar surface area (TPSA) is 55.3 Å². The molecule has 1 aliphatic heterocycles. The van der Waals surface area contributed by atoms with Crippen molar-refractivity contribution in [1.82, 2.24) is 9.97 Å². The molecule has 1 aliphatic rings. The molecule has 5 heteroatoms. The summed E-state index contributed by atoms with van der Waals surface area (Å²) in [4.78, 5) is 22.7. The van der Waals surface area contributed by atoms with Gasteiger partial charge in [-0.3, -0.25) is 9.78 Å². The summed E-state index contributed by atoms with van der Waals surface area (Å²) in [5, 5.41) is 0. The number of aromatic nitrogens is 2. The van der Waals surface area contributed by atoms with Crippen molar-refractivity contribution in [3.8, 4) is 0 Å². The van der Waals surface area contributed by atoms with Crippen LogP contribution in [-0.4, -0.2) is 35.6 Å². The number of rotatable bonds is 5. The van der Waals surface area contributed by atoms with Crippen molar-refractivity contribution in [3.63, 3.8) is 0 Å². The van der Waals surface area contributed by atoms with E-state index in [1.165, 1.54) is 5.56 Å².